The maximum Gasteiger partial charge on any atom is 0.270 e. The number of hydrogen-bond acceptors (Lipinski definition) is 4. The zero-order chi connectivity index (χ0) is 13.7. The third kappa shape index (κ3) is 3.16. The van der Waals surface area contributed by atoms with Crippen molar-refractivity contribution < 1.29 is 4.79 Å². The number of amides is 1. The number of carbonyl (C=O) groups is 1. The van der Waals surface area contributed by atoms with Crippen molar-refractivity contribution in [1.82, 2.24) is 15.3 Å². The van der Waals surface area contributed by atoms with E-state index in [1.165, 1.54) is 0 Å². The first-order valence-electron chi connectivity index (χ1n) is 5.82. The summed E-state index contributed by atoms with van der Waals surface area (Å²) in [5, 5.41) is 10.7. The lowest BCUT2D eigenvalue weighted by molar-refractivity contribution is -0.120. The first kappa shape index (κ1) is 12.8. The van der Waals surface area contributed by atoms with Crippen LogP contribution in [-0.4, -0.2) is 22.4 Å². The van der Waals surface area contributed by atoms with Gasteiger partial charge in [-0.05, 0) is 12.1 Å². The van der Waals surface area contributed by atoms with Crippen LogP contribution in [0.4, 0.5) is 0 Å². The minimum atomic E-state index is -0.285. The van der Waals surface area contributed by atoms with Gasteiger partial charge in [-0.3, -0.25) is 9.59 Å². The van der Waals surface area contributed by atoms with Crippen molar-refractivity contribution in [3.05, 3.63) is 40.3 Å². The molecule has 0 aliphatic rings. The van der Waals surface area contributed by atoms with E-state index in [0.717, 1.165) is 0 Å². The van der Waals surface area contributed by atoms with E-state index in [0.29, 0.717) is 16.7 Å². The summed E-state index contributed by atoms with van der Waals surface area (Å²) in [6.07, 6.45) is 0.382. The number of benzene rings is 1. The second-order valence-corrected chi connectivity index (χ2v) is 3.96. The normalized spacial score (nSPS) is 10.1. The molecule has 1 heterocycles. The summed E-state index contributed by atoms with van der Waals surface area (Å²) in [5.41, 5.74) is 1.40. The van der Waals surface area contributed by atoms with Crippen molar-refractivity contribution in [3.63, 3.8) is 0 Å². The number of carbonyl (C=O) groups excluding carboxylic acids is 1. The lowest BCUT2D eigenvalue weighted by atomic mass is 10.2. The molecule has 6 heteroatoms. The van der Waals surface area contributed by atoms with Gasteiger partial charge in [-0.1, -0.05) is 12.1 Å². The Hall–Kier alpha value is -2.68. The number of fused-ring (bicyclic) bond motifs is 1. The van der Waals surface area contributed by atoms with Crippen LogP contribution >= 0.6 is 0 Å². The highest BCUT2D eigenvalue weighted by molar-refractivity contribution is 5.76. The molecule has 0 radical (unpaired) electrons. The molecule has 0 saturated heterocycles. The Morgan fingerprint density at radius 1 is 1.42 bits per heavy atom. The average Bonchev–Trinajstić information content (AvgIpc) is 2.42. The van der Waals surface area contributed by atoms with Crippen LogP contribution in [0.15, 0.2) is 29.1 Å². The van der Waals surface area contributed by atoms with Crippen LogP contribution < -0.4 is 10.9 Å². The fourth-order valence-corrected chi connectivity index (χ4v) is 1.70. The predicted octanol–water partition coefficient (Wildman–Crippen LogP) is 0.495. The lowest BCUT2D eigenvalue weighted by Crippen LogP contribution is -2.25. The van der Waals surface area contributed by atoms with E-state index in [1.807, 2.05) is 18.2 Å². The molecule has 0 bridgehead atoms. The second kappa shape index (κ2) is 5.78. The molecule has 0 spiro atoms. The molecule has 2 N–H and O–H groups in total. The predicted molar refractivity (Wildman–Crippen MR) is 69.3 cm³/mol. The molecular formula is C13H12N4O2. The largest absolute Gasteiger partial charge is 0.343 e. The van der Waals surface area contributed by atoms with Gasteiger partial charge in [0.15, 0.2) is 0 Å². The number of para-hydroxylation sites is 2. The molecule has 1 aromatic carbocycles. The first-order chi connectivity index (χ1) is 9.20. The van der Waals surface area contributed by atoms with E-state index < -0.39 is 0 Å². The maximum absolute atomic E-state index is 11.8. The fourth-order valence-electron chi connectivity index (χ4n) is 1.70. The Labute approximate surface area is 109 Å². The standard InChI is InChI=1S/C13H12N4O2/c14-7-8-15-12(18)6-5-11-13(19)17-10-4-2-1-3-9(10)16-11/h1-4H,5-6,8H2,(H,15,18)(H,17,19). The number of rotatable bonds is 4. The average molecular weight is 256 g/mol. The van der Waals surface area contributed by atoms with Gasteiger partial charge in [-0.15, -0.1) is 0 Å². The summed E-state index contributed by atoms with van der Waals surface area (Å²) in [6, 6.07) is 9.03. The van der Waals surface area contributed by atoms with Crippen LogP contribution in [0.1, 0.15) is 12.1 Å². The Balaban J connectivity index is 2.13. The van der Waals surface area contributed by atoms with E-state index in [2.05, 4.69) is 15.3 Å². The van der Waals surface area contributed by atoms with Crippen LogP contribution in [0.25, 0.3) is 11.0 Å². The molecule has 6 nitrogen and oxygen atoms in total. The smallest absolute Gasteiger partial charge is 0.270 e. The summed E-state index contributed by atoms with van der Waals surface area (Å²) in [6.45, 7) is -0.0274. The summed E-state index contributed by atoms with van der Waals surface area (Å²) >= 11 is 0. The van der Waals surface area contributed by atoms with E-state index in [9.17, 15) is 9.59 Å². The van der Waals surface area contributed by atoms with Gasteiger partial charge in [0, 0.05) is 12.8 Å². The molecule has 0 aliphatic carbocycles. The third-order valence-electron chi connectivity index (χ3n) is 2.62. The fraction of sp³-hybridized carbons (Fsp3) is 0.231. The Kier molecular flexibility index (Phi) is 3.88. The lowest BCUT2D eigenvalue weighted by Gasteiger charge is -2.02. The first-order valence-corrected chi connectivity index (χ1v) is 5.82. The van der Waals surface area contributed by atoms with Gasteiger partial charge in [0.2, 0.25) is 5.91 Å². The molecular weight excluding hydrogens is 244 g/mol. The van der Waals surface area contributed by atoms with E-state index >= 15 is 0 Å². The highest BCUT2D eigenvalue weighted by Crippen LogP contribution is 2.06. The molecule has 0 unspecified atom stereocenters. The monoisotopic (exact) mass is 256 g/mol. The van der Waals surface area contributed by atoms with Crippen molar-refractivity contribution in [2.24, 2.45) is 0 Å². The molecule has 1 aromatic heterocycles. The van der Waals surface area contributed by atoms with Crippen molar-refractivity contribution in [2.75, 3.05) is 6.54 Å². The minimum Gasteiger partial charge on any atom is -0.343 e. The molecule has 0 saturated carbocycles. The number of nitrogens with one attached hydrogen (secondary N) is 2. The molecule has 19 heavy (non-hydrogen) atoms. The summed E-state index contributed by atoms with van der Waals surface area (Å²) in [5.74, 6) is -0.268. The number of nitriles is 1. The number of aromatic nitrogens is 2. The summed E-state index contributed by atoms with van der Waals surface area (Å²) in [7, 11) is 0. The summed E-state index contributed by atoms with van der Waals surface area (Å²) in [4.78, 5) is 30.1. The molecule has 96 valence electrons. The van der Waals surface area contributed by atoms with Gasteiger partial charge in [0.25, 0.3) is 5.56 Å². The van der Waals surface area contributed by atoms with Crippen molar-refractivity contribution in [2.45, 2.75) is 12.8 Å². The van der Waals surface area contributed by atoms with Gasteiger partial charge in [0.1, 0.15) is 12.2 Å². The van der Waals surface area contributed by atoms with Gasteiger partial charge >= 0.3 is 0 Å². The van der Waals surface area contributed by atoms with Crippen LogP contribution in [-0.2, 0) is 11.2 Å². The quantitative estimate of drug-likeness (QED) is 0.778. The Bertz CT molecular complexity index is 700. The van der Waals surface area contributed by atoms with Crippen LogP contribution in [0.2, 0.25) is 0 Å². The van der Waals surface area contributed by atoms with E-state index in [1.54, 1.807) is 12.1 Å². The number of aromatic amines is 1. The van der Waals surface area contributed by atoms with Crippen LogP contribution in [0.3, 0.4) is 0 Å². The highest BCUT2D eigenvalue weighted by atomic mass is 16.1. The van der Waals surface area contributed by atoms with Crippen molar-refractivity contribution in [3.8, 4) is 6.07 Å². The van der Waals surface area contributed by atoms with Crippen LogP contribution in [0.5, 0.6) is 0 Å². The van der Waals surface area contributed by atoms with Gasteiger partial charge in [0.05, 0.1) is 17.1 Å². The number of H-pyrrole nitrogens is 1. The Morgan fingerprint density at radius 2 is 2.21 bits per heavy atom. The number of aryl methyl sites for hydroxylation is 1. The molecule has 0 fully saturated rings. The molecule has 2 aromatic rings. The number of hydrogen-bond donors (Lipinski definition) is 2. The maximum atomic E-state index is 11.8. The highest BCUT2D eigenvalue weighted by Gasteiger charge is 2.07. The topological polar surface area (TPSA) is 98.6 Å². The zero-order valence-electron chi connectivity index (χ0n) is 10.1. The van der Waals surface area contributed by atoms with Crippen molar-refractivity contribution in [1.29, 1.82) is 5.26 Å². The SMILES string of the molecule is N#CCNC(=O)CCc1nc2ccccc2[nH]c1=O. The minimum absolute atomic E-state index is 0.0274. The second-order valence-electron chi connectivity index (χ2n) is 3.96. The van der Waals surface area contributed by atoms with Crippen molar-refractivity contribution >= 4 is 16.9 Å². The van der Waals surface area contributed by atoms with Crippen LogP contribution in [0, 0.1) is 11.3 Å². The molecule has 1 amide bonds. The third-order valence-corrected chi connectivity index (χ3v) is 2.62. The van der Waals surface area contributed by atoms with E-state index in [4.69, 9.17) is 5.26 Å². The van der Waals surface area contributed by atoms with Gasteiger partial charge in [-0.25, -0.2) is 4.98 Å². The zero-order valence-corrected chi connectivity index (χ0v) is 10.1. The van der Waals surface area contributed by atoms with E-state index in [-0.39, 0.29) is 30.9 Å². The van der Waals surface area contributed by atoms with Gasteiger partial charge < -0.3 is 10.3 Å². The molecule has 0 atom stereocenters. The molecule has 0 aliphatic heterocycles. The van der Waals surface area contributed by atoms with Gasteiger partial charge in [-0.2, -0.15) is 5.26 Å². The Morgan fingerprint density at radius 3 is 3.00 bits per heavy atom. The number of nitrogens with zero attached hydrogens (tertiary/aromatic N) is 2. The molecule has 2 rings (SSSR count). The summed E-state index contributed by atoms with van der Waals surface area (Å²) < 4.78 is 0.